The van der Waals surface area contributed by atoms with E-state index in [1.165, 1.54) is 0 Å². The number of carbonyl (C=O) groups is 1. The van der Waals surface area contributed by atoms with Gasteiger partial charge in [-0.05, 0) is 18.6 Å². The first kappa shape index (κ1) is 19.0. The molecule has 0 fully saturated rings. The van der Waals surface area contributed by atoms with Crippen LogP contribution in [0.15, 0.2) is 60.1 Å². The summed E-state index contributed by atoms with van der Waals surface area (Å²) in [6.45, 7) is 0. The average Bonchev–Trinajstić information content (AvgIpc) is 3.34. The zero-order chi connectivity index (χ0) is 20.2. The third-order valence-corrected chi connectivity index (χ3v) is 5.52. The summed E-state index contributed by atoms with van der Waals surface area (Å²) >= 11 is 1.58. The van der Waals surface area contributed by atoms with Gasteiger partial charge in [-0.15, -0.1) is 11.3 Å². The number of ether oxygens (including phenoxy) is 2. The highest BCUT2D eigenvalue weighted by Gasteiger charge is 2.12. The van der Waals surface area contributed by atoms with Gasteiger partial charge in [-0.1, -0.05) is 30.3 Å². The number of rotatable bonds is 7. The summed E-state index contributed by atoms with van der Waals surface area (Å²) in [4.78, 5) is 18.0. The minimum Gasteiger partial charge on any atom is -0.493 e. The van der Waals surface area contributed by atoms with Crippen molar-refractivity contribution in [3.63, 3.8) is 0 Å². The molecule has 0 bridgehead atoms. The maximum Gasteiger partial charge on any atom is 0.224 e. The monoisotopic (exact) mass is 407 g/mol. The van der Waals surface area contributed by atoms with E-state index in [9.17, 15) is 4.79 Å². The van der Waals surface area contributed by atoms with E-state index in [1.54, 1.807) is 43.8 Å². The SMILES string of the molecule is COc1ccc(NC(=O)CCc2csc3nc(-c4ccccc4)cn23)cc1OC. The van der Waals surface area contributed by atoms with Crippen molar-refractivity contribution in [1.29, 1.82) is 0 Å². The lowest BCUT2D eigenvalue weighted by Crippen LogP contribution is -2.12. The lowest BCUT2D eigenvalue weighted by Gasteiger charge is -2.10. The number of anilines is 1. The maximum absolute atomic E-state index is 12.4. The summed E-state index contributed by atoms with van der Waals surface area (Å²) in [7, 11) is 3.15. The molecule has 4 rings (SSSR count). The number of hydrogen-bond acceptors (Lipinski definition) is 5. The molecule has 2 aromatic heterocycles. The molecule has 0 radical (unpaired) electrons. The second-order valence-electron chi connectivity index (χ2n) is 6.49. The fourth-order valence-electron chi connectivity index (χ4n) is 3.14. The van der Waals surface area contributed by atoms with Crippen molar-refractivity contribution in [1.82, 2.24) is 9.38 Å². The van der Waals surface area contributed by atoms with Gasteiger partial charge in [0.25, 0.3) is 0 Å². The van der Waals surface area contributed by atoms with E-state index in [0.717, 1.165) is 21.9 Å². The van der Waals surface area contributed by atoms with Gasteiger partial charge >= 0.3 is 0 Å². The van der Waals surface area contributed by atoms with Crippen molar-refractivity contribution in [2.45, 2.75) is 12.8 Å². The number of carbonyl (C=O) groups excluding carboxylic acids is 1. The average molecular weight is 407 g/mol. The van der Waals surface area contributed by atoms with Crippen LogP contribution in [-0.2, 0) is 11.2 Å². The van der Waals surface area contributed by atoms with E-state index in [1.807, 2.05) is 36.5 Å². The Labute approximate surface area is 172 Å². The second kappa shape index (κ2) is 8.36. The summed E-state index contributed by atoms with van der Waals surface area (Å²) in [5.41, 5.74) is 3.77. The Morgan fingerprint density at radius 3 is 2.66 bits per heavy atom. The molecule has 0 unspecified atom stereocenters. The minimum atomic E-state index is -0.0556. The molecule has 0 saturated heterocycles. The second-order valence-corrected chi connectivity index (χ2v) is 7.33. The molecule has 148 valence electrons. The largest absolute Gasteiger partial charge is 0.493 e. The van der Waals surface area contributed by atoms with Crippen molar-refractivity contribution < 1.29 is 14.3 Å². The van der Waals surface area contributed by atoms with E-state index in [4.69, 9.17) is 9.47 Å². The van der Waals surface area contributed by atoms with Crippen LogP contribution in [0.3, 0.4) is 0 Å². The van der Waals surface area contributed by atoms with Crippen LogP contribution < -0.4 is 14.8 Å². The number of nitrogens with zero attached hydrogens (tertiary/aromatic N) is 2. The van der Waals surface area contributed by atoms with Gasteiger partial charge in [0.1, 0.15) is 0 Å². The Bertz CT molecular complexity index is 1130. The molecule has 0 aliphatic carbocycles. The van der Waals surface area contributed by atoms with E-state index < -0.39 is 0 Å². The molecule has 0 aliphatic heterocycles. The smallest absolute Gasteiger partial charge is 0.224 e. The fourth-order valence-corrected chi connectivity index (χ4v) is 4.04. The zero-order valence-electron chi connectivity index (χ0n) is 16.2. The lowest BCUT2D eigenvalue weighted by molar-refractivity contribution is -0.116. The highest BCUT2D eigenvalue weighted by Crippen LogP contribution is 2.30. The predicted molar refractivity (Wildman–Crippen MR) is 115 cm³/mol. The van der Waals surface area contributed by atoms with E-state index in [2.05, 4.69) is 20.1 Å². The Hall–Kier alpha value is -3.32. The lowest BCUT2D eigenvalue weighted by atomic mass is 10.2. The van der Waals surface area contributed by atoms with Gasteiger partial charge in [0, 0.05) is 41.0 Å². The molecular weight excluding hydrogens is 386 g/mol. The summed E-state index contributed by atoms with van der Waals surface area (Å²) in [6.07, 6.45) is 3.03. The molecule has 0 atom stereocenters. The molecule has 2 heterocycles. The van der Waals surface area contributed by atoms with Crippen molar-refractivity contribution in [2.24, 2.45) is 0 Å². The molecular formula is C22H21N3O3S. The molecule has 1 amide bonds. The predicted octanol–water partition coefficient (Wildman–Crippen LogP) is 4.65. The first-order valence-electron chi connectivity index (χ1n) is 9.20. The van der Waals surface area contributed by atoms with Crippen LogP contribution in [0.2, 0.25) is 0 Å². The number of fused-ring (bicyclic) bond motifs is 1. The molecule has 0 saturated carbocycles. The van der Waals surface area contributed by atoms with Gasteiger partial charge in [-0.25, -0.2) is 4.98 Å². The first-order chi connectivity index (χ1) is 14.2. The number of amides is 1. The zero-order valence-corrected chi connectivity index (χ0v) is 17.0. The standard InChI is InChI=1S/C22H21N3O3S/c1-27-19-10-8-16(12-20(19)28-2)23-21(26)11-9-17-14-29-22-24-18(13-25(17)22)15-6-4-3-5-7-15/h3-8,10,12-14H,9,11H2,1-2H3,(H,23,26). The van der Waals surface area contributed by atoms with Crippen molar-refractivity contribution in [3.05, 3.63) is 65.8 Å². The van der Waals surface area contributed by atoms with Gasteiger partial charge < -0.3 is 14.8 Å². The minimum absolute atomic E-state index is 0.0556. The normalized spacial score (nSPS) is 10.8. The number of thiazole rings is 1. The maximum atomic E-state index is 12.4. The molecule has 29 heavy (non-hydrogen) atoms. The summed E-state index contributed by atoms with van der Waals surface area (Å²) < 4.78 is 12.6. The van der Waals surface area contributed by atoms with Gasteiger partial charge in [-0.3, -0.25) is 9.20 Å². The Kier molecular flexibility index (Phi) is 5.48. The van der Waals surface area contributed by atoms with Crippen LogP contribution in [0.5, 0.6) is 11.5 Å². The number of methoxy groups -OCH3 is 2. The highest BCUT2D eigenvalue weighted by molar-refractivity contribution is 7.15. The van der Waals surface area contributed by atoms with E-state index in [0.29, 0.717) is 30.0 Å². The number of nitrogens with one attached hydrogen (secondary N) is 1. The number of aryl methyl sites for hydroxylation is 1. The van der Waals surface area contributed by atoms with Crippen LogP contribution in [0.4, 0.5) is 5.69 Å². The summed E-state index contributed by atoms with van der Waals surface area (Å²) in [5.74, 6) is 1.15. The number of aromatic nitrogens is 2. The third-order valence-electron chi connectivity index (χ3n) is 4.63. The van der Waals surface area contributed by atoms with Crippen LogP contribution in [0, 0.1) is 0 Å². The Morgan fingerprint density at radius 2 is 1.90 bits per heavy atom. The molecule has 0 spiro atoms. The number of imidazole rings is 1. The third kappa shape index (κ3) is 4.09. The van der Waals surface area contributed by atoms with Crippen molar-refractivity contribution >= 4 is 27.9 Å². The molecule has 0 aliphatic rings. The van der Waals surface area contributed by atoms with Gasteiger partial charge in [0.15, 0.2) is 16.5 Å². The van der Waals surface area contributed by atoms with E-state index >= 15 is 0 Å². The van der Waals surface area contributed by atoms with Gasteiger partial charge in [-0.2, -0.15) is 0 Å². The topological polar surface area (TPSA) is 64.9 Å². The Balaban J connectivity index is 1.43. The molecule has 6 nitrogen and oxygen atoms in total. The van der Waals surface area contributed by atoms with Gasteiger partial charge in [0.05, 0.1) is 19.9 Å². The van der Waals surface area contributed by atoms with Crippen molar-refractivity contribution in [2.75, 3.05) is 19.5 Å². The van der Waals surface area contributed by atoms with Gasteiger partial charge in [0.2, 0.25) is 5.91 Å². The van der Waals surface area contributed by atoms with E-state index in [-0.39, 0.29) is 5.91 Å². The van der Waals surface area contributed by atoms with Crippen LogP contribution in [0.1, 0.15) is 12.1 Å². The quantitative estimate of drug-likeness (QED) is 0.484. The van der Waals surface area contributed by atoms with Crippen molar-refractivity contribution in [3.8, 4) is 22.8 Å². The fraction of sp³-hybridized carbons (Fsp3) is 0.182. The summed E-state index contributed by atoms with van der Waals surface area (Å²) in [6, 6.07) is 15.4. The molecule has 4 aromatic rings. The number of benzene rings is 2. The van der Waals surface area contributed by atoms with Crippen LogP contribution >= 0.6 is 11.3 Å². The molecule has 7 heteroatoms. The highest BCUT2D eigenvalue weighted by atomic mass is 32.1. The van der Waals surface area contributed by atoms with Crippen LogP contribution in [0.25, 0.3) is 16.2 Å². The summed E-state index contributed by atoms with van der Waals surface area (Å²) in [5, 5.41) is 4.97. The molecule has 1 N–H and O–H groups in total. The number of hydrogen-bond donors (Lipinski definition) is 1. The Morgan fingerprint density at radius 1 is 1.10 bits per heavy atom. The first-order valence-corrected chi connectivity index (χ1v) is 10.1. The van der Waals surface area contributed by atoms with Crippen LogP contribution in [-0.4, -0.2) is 29.5 Å². The molecule has 2 aromatic carbocycles.